The normalized spacial score (nSPS) is 2.82. The minimum Gasteiger partial charge on any atom is -2.00 e. The number of aliphatic hydroxyl groups excluding tert-OH is 6. The van der Waals surface area contributed by atoms with Crippen molar-refractivity contribution < 1.29 is 481 Å². The number of quaternary nitrogens is 2. The Balaban J connectivity index is -0.000000000628. The molecule has 0 saturated carbocycles. The minimum absolute atomic E-state index is 0. The Labute approximate surface area is 526 Å². The zero-order valence-electron chi connectivity index (χ0n) is 32.8. The third kappa shape index (κ3) is 659. The van der Waals surface area contributed by atoms with Crippen LogP contribution < -0.4 is 11.5 Å². The first-order valence-electron chi connectivity index (χ1n) is 4.73. The first kappa shape index (κ1) is 1050. The van der Waals surface area contributed by atoms with Crippen LogP contribution in [0.3, 0.4) is 0 Å². The summed E-state index contributed by atoms with van der Waals surface area (Å²) in [5.74, 6) is 0. The molecule has 0 fully saturated rings. The minimum atomic E-state index is -0.958. The molecule has 0 aromatic heterocycles. The first-order chi connectivity index (χ1) is 7.36. The maximum atomic E-state index is 8.40. The molecular formula is C8H58Mn2N2O46V10-28. The summed E-state index contributed by atoms with van der Waals surface area (Å²) in [6, 6.07) is 0. The van der Waals surface area contributed by atoms with Crippen molar-refractivity contribution in [3.63, 3.8) is 0 Å². The van der Waals surface area contributed by atoms with E-state index in [2.05, 4.69) is 11.5 Å². The molecule has 0 atom stereocenters. The molecular weight excluding hydrogens is 1480 g/mol. The molecule has 0 rings (SSSR count). The average molecular weight is 1540 g/mol. The number of hydrogen-bond donors (Lipinski definition) is 8. The zero-order chi connectivity index (χ0) is 13.2. The standard InChI is InChI=1S/2C4H11NO3.2Mn.12H2O.28O.10V/c2*5-4(1-6,2-7)3-8;;;;;;;;;;;;;;;;;;;;;;;;;;;;;;;;;;;;;;;;;;;;;;;;;;;;/h2*6-8H,1-3,5H2;;;12*1H2;;;;;;;;;;;;;;;;;;;;;;;;;;;;;;;;;;;;;;/q;;;;;;;;;;;;;;;;28*-2;;;;;;;4*+4/p+12. The van der Waals surface area contributed by atoms with E-state index in [1.165, 1.54) is 0 Å². The van der Waals surface area contributed by atoms with E-state index in [1.807, 2.05) is 0 Å². The second kappa shape index (κ2) is 687. The van der Waals surface area contributed by atoms with E-state index in [0.29, 0.717) is 0 Å². The Bertz CT molecular complexity index is 202. The fourth-order valence-corrected chi connectivity index (χ4v) is 0.300. The van der Waals surface area contributed by atoms with Crippen LogP contribution in [0.5, 0.6) is 0 Å². The van der Waals surface area contributed by atoms with Crippen LogP contribution in [0.25, 0.3) is 0 Å². The molecule has 468 valence electrons. The van der Waals surface area contributed by atoms with Gasteiger partial charge >= 0.3 is 74.2 Å². The number of rotatable bonds is 6. The van der Waals surface area contributed by atoms with E-state index in [1.54, 1.807) is 0 Å². The smallest absolute Gasteiger partial charge is 2.00 e. The van der Waals surface area contributed by atoms with Gasteiger partial charge in [-0.2, -0.15) is 0 Å². The van der Waals surface area contributed by atoms with Gasteiger partial charge in [-0.3, -0.25) is 0 Å². The van der Waals surface area contributed by atoms with E-state index < -0.39 is 11.1 Å². The van der Waals surface area contributed by atoms with Gasteiger partial charge in [-0.25, -0.2) is 0 Å². The van der Waals surface area contributed by atoms with Crippen molar-refractivity contribution in [1.29, 1.82) is 0 Å². The maximum absolute atomic E-state index is 8.40. The molecule has 12 radical (unpaired) electrons. The van der Waals surface area contributed by atoms with Crippen molar-refractivity contribution in [2.24, 2.45) is 0 Å². The summed E-state index contributed by atoms with van der Waals surface area (Å²) in [5.41, 5.74) is 4.83. The second-order valence-electron chi connectivity index (χ2n) is 3.95. The summed E-state index contributed by atoms with van der Waals surface area (Å²) >= 11 is 0. The fraction of sp³-hybridized carbons (Fsp3) is 1.00. The van der Waals surface area contributed by atoms with Crippen LogP contribution in [0.2, 0.25) is 0 Å². The van der Waals surface area contributed by atoms with Gasteiger partial charge in [0.1, 0.15) is 39.6 Å². The van der Waals surface area contributed by atoms with Crippen LogP contribution in [-0.4, -0.2) is 92.3 Å². The van der Waals surface area contributed by atoms with Crippen molar-refractivity contribution in [1.82, 2.24) is 0 Å². The number of aliphatic hydroxyl groups is 6. The Morgan fingerprint density at radius 2 is 0.235 bits per heavy atom. The van der Waals surface area contributed by atoms with Crippen molar-refractivity contribution in [2.45, 2.75) is 11.1 Å². The monoisotopic (exact) mass is 1540 g/mol. The average Bonchev–Trinajstić information content (AvgIpc) is 2.37. The molecule has 0 amide bonds. The van der Waals surface area contributed by atoms with Gasteiger partial charge in [0.2, 0.25) is 0 Å². The molecule has 0 bridgehead atoms. The van der Waals surface area contributed by atoms with Gasteiger partial charge < -0.3 is 261 Å². The van der Waals surface area contributed by atoms with Crippen LogP contribution >= 0.6 is 0 Å². The molecule has 0 spiro atoms. The molecule has 0 aliphatic carbocycles. The molecule has 0 heterocycles. The van der Waals surface area contributed by atoms with E-state index in [-0.39, 0.29) is 478 Å². The maximum Gasteiger partial charge on any atom is 4.00 e. The van der Waals surface area contributed by atoms with Gasteiger partial charge in [0.15, 0.2) is 11.1 Å². The Morgan fingerprint density at radius 3 is 0.235 bits per heavy atom. The van der Waals surface area contributed by atoms with E-state index in [0.717, 1.165) is 0 Å². The third-order valence-corrected chi connectivity index (χ3v) is 2.01. The molecule has 0 aromatic rings. The third-order valence-electron chi connectivity index (χ3n) is 2.01. The molecule has 0 aromatic carbocycles. The van der Waals surface area contributed by atoms with Crippen LogP contribution in [0.4, 0.5) is 0 Å². The molecule has 0 aliphatic heterocycles. The van der Waals surface area contributed by atoms with Crippen LogP contribution in [0, 0.1) is 0 Å². The molecule has 0 unspecified atom stereocenters. The van der Waals surface area contributed by atoms with Gasteiger partial charge in [-0.05, 0) is 0 Å². The molecule has 48 nitrogen and oxygen atoms in total. The van der Waals surface area contributed by atoms with Crippen LogP contribution in [0.1, 0.15) is 0 Å². The van der Waals surface area contributed by atoms with Crippen molar-refractivity contribution in [2.75, 3.05) is 39.6 Å². The molecule has 0 aliphatic rings. The van der Waals surface area contributed by atoms with Gasteiger partial charge in [0.05, 0.1) is 0 Å². The molecule has 68 heavy (non-hydrogen) atoms. The molecule has 0 saturated heterocycles. The largest absolute Gasteiger partial charge is 4.00 e. The first-order valence-corrected chi connectivity index (χ1v) is 4.73. The van der Waals surface area contributed by atoms with E-state index in [4.69, 9.17) is 30.6 Å². The second-order valence-corrected chi connectivity index (χ2v) is 3.95. The summed E-state index contributed by atoms with van der Waals surface area (Å²) in [5, 5.41) is 50.4. The molecule has 60 heteroatoms. The Morgan fingerprint density at radius 1 is 0.206 bits per heavy atom. The van der Waals surface area contributed by atoms with Crippen molar-refractivity contribution in [3.8, 4) is 0 Å². The van der Waals surface area contributed by atoms with E-state index >= 15 is 0 Å². The van der Waals surface area contributed by atoms with Gasteiger partial charge in [0.25, 0.3) is 0 Å². The summed E-state index contributed by atoms with van der Waals surface area (Å²) in [6.45, 7) is -1.75. The Kier molecular flexibility index (Phi) is 10600. The zero-order valence-corrected chi connectivity index (χ0v) is 49.1. The van der Waals surface area contributed by atoms with Gasteiger partial charge in [-0.1, -0.05) is 0 Å². The van der Waals surface area contributed by atoms with Gasteiger partial charge in [-0.15, -0.1) is 0 Å². The summed E-state index contributed by atoms with van der Waals surface area (Å²) in [7, 11) is 0. The van der Waals surface area contributed by atoms with E-state index in [9.17, 15) is 0 Å². The quantitative estimate of drug-likeness (QED) is 0.0943. The topological polar surface area (TPSA) is 1370 Å². The van der Waals surface area contributed by atoms with Crippen LogP contribution in [-0.2, 0) is 428 Å². The van der Waals surface area contributed by atoms with Crippen molar-refractivity contribution >= 4 is 0 Å². The predicted octanol–water partition coefficient (Wildman–Crippen LogP) is -20.3. The molecule has 46 N–H and O–H groups in total. The fourth-order valence-electron chi connectivity index (χ4n) is 0.300. The van der Waals surface area contributed by atoms with Gasteiger partial charge in [0, 0.05) is 145 Å². The Hall–Kier alpha value is 4.96. The van der Waals surface area contributed by atoms with Crippen molar-refractivity contribution in [3.05, 3.63) is 0 Å². The summed E-state index contributed by atoms with van der Waals surface area (Å²) < 4.78 is 0. The number of hydrogen-bond acceptors (Lipinski definition) is 6. The SMILES string of the molecule is O.O.[Mn].[Mn].[NH3+]C(CO)(CO)CO.[NH3+]C(CO)(CO)CO.[O-2].[O-2].[O-2].[O-2].[O-2].[O-2].[O-2].[O-2].[O-2].[O-2].[O-2].[O-2].[O-2].[O-2].[O-2].[O-2].[O-2].[O-2].[O-2].[O-2].[O-2].[O-2].[O-2].[O-2].[O-2].[O-2].[O-2].[O-2].[OH3+].[OH3+].[OH3+].[OH3+].[OH3+].[OH3+].[OH3+].[OH3+].[OH3+].[OH3+].[V+4].[V+4].[V+4].[V+4].[V].[V].[V].[V].[V].[V]. The van der Waals surface area contributed by atoms with Crippen LogP contribution in [0.15, 0.2) is 0 Å². The predicted molar refractivity (Wildman–Crippen MR) is 129 cm³/mol. The summed E-state index contributed by atoms with van der Waals surface area (Å²) in [4.78, 5) is 0. The summed E-state index contributed by atoms with van der Waals surface area (Å²) in [6.07, 6.45) is 0.